The predicted molar refractivity (Wildman–Crippen MR) is 120 cm³/mol. The number of hydrogen-bond donors (Lipinski definition) is 1. The van der Waals surface area contributed by atoms with E-state index in [0.717, 1.165) is 55.9 Å². The van der Waals surface area contributed by atoms with Gasteiger partial charge >= 0.3 is 0 Å². The van der Waals surface area contributed by atoms with Gasteiger partial charge in [0.25, 0.3) is 5.91 Å². The maximum atomic E-state index is 12.6. The summed E-state index contributed by atoms with van der Waals surface area (Å²) in [5, 5.41) is 3.55. The first-order valence-corrected chi connectivity index (χ1v) is 11.2. The molecule has 0 saturated heterocycles. The number of aromatic nitrogens is 1. The van der Waals surface area contributed by atoms with E-state index < -0.39 is 0 Å². The fourth-order valence-corrected chi connectivity index (χ4v) is 4.72. The van der Waals surface area contributed by atoms with Crippen LogP contribution < -0.4 is 10.1 Å². The van der Waals surface area contributed by atoms with Gasteiger partial charge in [-0.3, -0.25) is 4.79 Å². The van der Waals surface area contributed by atoms with Crippen molar-refractivity contribution in [3.8, 4) is 5.75 Å². The molecule has 0 bridgehead atoms. The van der Waals surface area contributed by atoms with Crippen molar-refractivity contribution in [1.82, 2.24) is 15.2 Å². The van der Waals surface area contributed by atoms with Gasteiger partial charge in [-0.1, -0.05) is 42.5 Å². The first-order valence-electron chi connectivity index (χ1n) is 10.4. The van der Waals surface area contributed by atoms with E-state index in [2.05, 4.69) is 45.5 Å². The topological polar surface area (TPSA) is 54.5 Å². The molecule has 3 aromatic rings. The van der Waals surface area contributed by atoms with Crippen molar-refractivity contribution in [1.29, 1.82) is 0 Å². The highest BCUT2D eigenvalue weighted by atomic mass is 32.1. The number of amides is 1. The predicted octanol–water partition coefficient (Wildman–Crippen LogP) is 3.73. The summed E-state index contributed by atoms with van der Waals surface area (Å²) in [6, 6.07) is 18.4. The standard InChI is InChI=1S/C24H27N3O2S/c1-29-20-9-5-8-19(16-20)17-25-23(28)24-26-21-11-14-27(15-12-22(21)30-24)13-10-18-6-3-2-4-7-18/h2-9,16H,10-15,17H2,1H3,(H,25,28). The van der Waals surface area contributed by atoms with Gasteiger partial charge in [-0.25, -0.2) is 4.98 Å². The quantitative estimate of drug-likeness (QED) is 0.632. The van der Waals surface area contributed by atoms with E-state index in [1.165, 1.54) is 10.4 Å². The Hall–Kier alpha value is -2.70. The summed E-state index contributed by atoms with van der Waals surface area (Å²) in [6.45, 7) is 3.54. The Kier molecular flexibility index (Phi) is 6.77. The number of thiazole rings is 1. The Balaban J connectivity index is 1.30. The first kappa shape index (κ1) is 20.6. The largest absolute Gasteiger partial charge is 0.497 e. The second kappa shape index (κ2) is 9.87. The number of nitrogens with zero attached hydrogens (tertiary/aromatic N) is 2. The zero-order valence-electron chi connectivity index (χ0n) is 17.3. The highest BCUT2D eigenvalue weighted by Gasteiger charge is 2.21. The molecule has 0 saturated carbocycles. The molecule has 30 heavy (non-hydrogen) atoms. The van der Waals surface area contributed by atoms with Crippen LogP contribution in [0.5, 0.6) is 5.75 Å². The van der Waals surface area contributed by atoms with Crippen LogP contribution >= 0.6 is 11.3 Å². The van der Waals surface area contributed by atoms with Crippen LogP contribution in [0, 0.1) is 0 Å². The van der Waals surface area contributed by atoms with Crippen molar-refractivity contribution in [3.05, 3.63) is 81.3 Å². The molecule has 0 aliphatic carbocycles. The molecule has 156 valence electrons. The molecule has 1 N–H and O–H groups in total. The number of carbonyl (C=O) groups excluding carboxylic acids is 1. The second-order valence-electron chi connectivity index (χ2n) is 7.50. The number of fused-ring (bicyclic) bond motifs is 1. The smallest absolute Gasteiger partial charge is 0.280 e. The molecule has 0 atom stereocenters. The molecular weight excluding hydrogens is 394 g/mol. The maximum Gasteiger partial charge on any atom is 0.280 e. The summed E-state index contributed by atoms with van der Waals surface area (Å²) in [4.78, 5) is 21.0. The minimum absolute atomic E-state index is 0.100. The number of nitrogens with one attached hydrogen (secondary N) is 1. The summed E-state index contributed by atoms with van der Waals surface area (Å²) in [7, 11) is 1.64. The zero-order chi connectivity index (χ0) is 20.8. The third kappa shape index (κ3) is 5.26. The van der Waals surface area contributed by atoms with Crippen molar-refractivity contribution >= 4 is 17.2 Å². The van der Waals surface area contributed by atoms with E-state index in [4.69, 9.17) is 4.74 Å². The zero-order valence-corrected chi connectivity index (χ0v) is 18.1. The number of carbonyl (C=O) groups is 1. The van der Waals surface area contributed by atoms with Crippen LogP contribution in [0.4, 0.5) is 0 Å². The lowest BCUT2D eigenvalue weighted by Gasteiger charge is -2.19. The number of hydrogen-bond acceptors (Lipinski definition) is 5. The number of methoxy groups -OCH3 is 1. The van der Waals surface area contributed by atoms with E-state index in [-0.39, 0.29) is 5.91 Å². The van der Waals surface area contributed by atoms with Crippen molar-refractivity contribution in [2.24, 2.45) is 0 Å². The van der Waals surface area contributed by atoms with Crippen LogP contribution in [-0.2, 0) is 25.8 Å². The fourth-order valence-electron chi connectivity index (χ4n) is 3.70. The summed E-state index contributed by atoms with van der Waals surface area (Å²) in [5.74, 6) is 0.691. The molecule has 1 aliphatic heterocycles. The van der Waals surface area contributed by atoms with Crippen molar-refractivity contribution < 1.29 is 9.53 Å². The molecule has 2 aromatic carbocycles. The fraction of sp³-hybridized carbons (Fsp3) is 0.333. The lowest BCUT2D eigenvalue weighted by Crippen LogP contribution is -2.29. The average molecular weight is 422 g/mol. The number of rotatable bonds is 7. The Morgan fingerprint density at radius 1 is 1.10 bits per heavy atom. The minimum Gasteiger partial charge on any atom is -0.497 e. The van der Waals surface area contributed by atoms with Crippen molar-refractivity contribution in [2.45, 2.75) is 25.8 Å². The molecule has 5 nitrogen and oxygen atoms in total. The van der Waals surface area contributed by atoms with Crippen molar-refractivity contribution in [3.63, 3.8) is 0 Å². The SMILES string of the molecule is COc1cccc(CNC(=O)c2nc3c(s2)CCN(CCc2ccccc2)CC3)c1. The summed E-state index contributed by atoms with van der Waals surface area (Å²) >= 11 is 1.54. The van der Waals surface area contributed by atoms with Crippen LogP contribution in [0.2, 0.25) is 0 Å². The number of ether oxygens (including phenoxy) is 1. The summed E-state index contributed by atoms with van der Waals surface area (Å²) in [5.41, 5.74) is 3.48. The van der Waals surface area contributed by atoms with Crippen LogP contribution in [0.15, 0.2) is 54.6 Å². The van der Waals surface area contributed by atoms with Crippen LogP contribution in [0.3, 0.4) is 0 Å². The van der Waals surface area contributed by atoms with Gasteiger partial charge < -0.3 is 15.0 Å². The van der Waals surface area contributed by atoms with E-state index in [0.29, 0.717) is 11.6 Å². The Morgan fingerprint density at radius 2 is 1.90 bits per heavy atom. The third-order valence-electron chi connectivity index (χ3n) is 5.44. The summed E-state index contributed by atoms with van der Waals surface area (Å²) in [6.07, 6.45) is 2.94. The van der Waals surface area contributed by atoms with Gasteiger partial charge in [-0.05, 0) is 36.1 Å². The van der Waals surface area contributed by atoms with E-state index in [1.807, 2.05) is 24.3 Å². The van der Waals surface area contributed by atoms with Gasteiger partial charge in [0.2, 0.25) is 0 Å². The monoisotopic (exact) mass is 421 g/mol. The molecule has 6 heteroatoms. The molecule has 0 radical (unpaired) electrons. The lowest BCUT2D eigenvalue weighted by molar-refractivity contribution is 0.0950. The highest BCUT2D eigenvalue weighted by Crippen LogP contribution is 2.23. The Labute approximate surface area is 181 Å². The third-order valence-corrected chi connectivity index (χ3v) is 6.60. The van der Waals surface area contributed by atoms with E-state index in [1.54, 1.807) is 18.4 Å². The Bertz CT molecular complexity index is 962. The molecule has 1 aromatic heterocycles. The molecule has 0 fully saturated rings. The van der Waals surface area contributed by atoms with Gasteiger partial charge in [0.1, 0.15) is 5.75 Å². The summed E-state index contributed by atoms with van der Waals surface area (Å²) < 4.78 is 5.24. The molecular formula is C24H27N3O2S. The van der Waals surface area contributed by atoms with Crippen LogP contribution in [-0.4, -0.2) is 42.5 Å². The van der Waals surface area contributed by atoms with Crippen molar-refractivity contribution in [2.75, 3.05) is 26.7 Å². The molecule has 2 heterocycles. The lowest BCUT2D eigenvalue weighted by atomic mass is 10.1. The first-order chi connectivity index (χ1) is 14.7. The highest BCUT2D eigenvalue weighted by molar-refractivity contribution is 7.13. The molecule has 0 spiro atoms. The van der Waals surface area contributed by atoms with Gasteiger partial charge in [-0.15, -0.1) is 11.3 Å². The van der Waals surface area contributed by atoms with E-state index in [9.17, 15) is 4.79 Å². The molecule has 1 amide bonds. The maximum absolute atomic E-state index is 12.6. The van der Waals surface area contributed by atoms with Gasteiger partial charge in [0.05, 0.1) is 12.8 Å². The average Bonchev–Trinajstić information content (AvgIpc) is 3.11. The Morgan fingerprint density at radius 3 is 2.73 bits per heavy atom. The number of benzene rings is 2. The van der Waals surface area contributed by atoms with Crippen LogP contribution in [0.1, 0.15) is 31.5 Å². The molecule has 1 aliphatic rings. The van der Waals surface area contributed by atoms with Gasteiger partial charge in [0, 0.05) is 37.5 Å². The van der Waals surface area contributed by atoms with Gasteiger partial charge in [0.15, 0.2) is 5.01 Å². The van der Waals surface area contributed by atoms with Crippen LogP contribution in [0.25, 0.3) is 0 Å². The second-order valence-corrected chi connectivity index (χ2v) is 8.58. The minimum atomic E-state index is -0.100. The van der Waals surface area contributed by atoms with E-state index >= 15 is 0 Å². The normalized spacial score (nSPS) is 14.0. The van der Waals surface area contributed by atoms with Gasteiger partial charge in [-0.2, -0.15) is 0 Å². The molecule has 0 unspecified atom stereocenters. The molecule has 4 rings (SSSR count).